The topological polar surface area (TPSA) is 62.5 Å². The number of carbonyl (C=O) groups is 1. The molecule has 164 valence electrons. The zero-order chi connectivity index (χ0) is 22.5. The van der Waals surface area contributed by atoms with E-state index < -0.39 is 5.97 Å². The SMILES string of the molecule is CC=C(c1cc(-c2cc(Cl)ccc2Cl)cs1)c1sc(=S)n(CCCCCC(=O)O)c1O. The van der Waals surface area contributed by atoms with Crippen LogP contribution in [0.15, 0.2) is 35.7 Å². The highest BCUT2D eigenvalue weighted by atomic mass is 35.5. The third kappa shape index (κ3) is 5.79. The number of unbranched alkanes of at least 4 members (excludes halogenated alkanes) is 2. The molecule has 3 rings (SSSR count). The fourth-order valence-electron chi connectivity index (χ4n) is 3.22. The highest BCUT2D eigenvalue weighted by Crippen LogP contribution is 2.41. The van der Waals surface area contributed by atoms with Crippen LogP contribution in [0.25, 0.3) is 16.7 Å². The minimum atomic E-state index is -0.788. The number of carboxylic acids is 1. The first-order valence-corrected chi connectivity index (χ1v) is 12.5. The van der Waals surface area contributed by atoms with Gasteiger partial charge in [0.1, 0.15) is 0 Å². The van der Waals surface area contributed by atoms with Crippen molar-refractivity contribution >= 4 is 69.6 Å². The summed E-state index contributed by atoms with van der Waals surface area (Å²) in [7, 11) is 0. The van der Waals surface area contributed by atoms with Gasteiger partial charge in [-0.25, -0.2) is 0 Å². The molecule has 1 aromatic carbocycles. The first-order chi connectivity index (χ1) is 14.8. The molecule has 0 amide bonds. The maximum Gasteiger partial charge on any atom is 0.303 e. The van der Waals surface area contributed by atoms with Crippen molar-refractivity contribution in [1.82, 2.24) is 4.57 Å². The van der Waals surface area contributed by atoms with E-state index >= 15 is 0 Å². The van der Waals surface area contributed by atoms with Crippen LogP contribution in [0.2, 0.25) is 10.0 Å². The van der Waals surface area contributed by atoms with Crippen molar-refractivity contribution in [3.63, 3.8) is 0 Å². The smallest absolute Gasteiger partial charge is 0.303 e. The second-order valence-electron chi connectivity index (χ2n) is 6.90. The van der Waals surface area contributed by atoms with Gasteiger partial charge in [0.2, 0.25) is 5.88 Å². The van der Waals surface area contributed by atoms with E-state index in [4.69, 9.17) is 40.5 Å². The molecule has 0 bridgehead atoms. The minimum absolute atomic E-state index is 0.150. The molecule has 2 aromatic heterocycles. The van der Waals surface area contributed by atoms with E-state index in [0.29, 0.717) is 27.0 Å². The lowest BCUT2D eigenvalue weighted by Crippen LogP contribution is -1.99. The summed E-state index contributed by atoms with van der Waals surface area (Å²) >= 11 is 20.9. The monoisotopic (exact) mass is 513 g/mol. The molecule has 4 nitrogen and oxygen atoms in total. The van der Waals surface area contributed by atoms with Gasteiger partial charge >= 0.3 is 5.97 Å². The molecule has 2 N–H and O–H groups in total. The molecule has 0 unspecified atom stereocenters. The Labute approximate surface area is 204 Å². The van der Waals surface area contributed by atoms with Crippen molar-refractivity contribution in [1.29, 1.82) is 0 Å². The Kier molecular flexibility index (Phi) is 8.36. The predicted octanol–water partition coefficient (Wildman–Crippen LogP) is 8.12. The Bertz CT molecular complexity index is 1180. The summed E-state index contributed by atoms with van der Waals surface area (Å²) in [4.78, 5) is 12.4. The molecule has 0 spiro atoms. The lowest BCUT2D eigenvalue weighted by atomic mass is 10.1. The zero-order valence-electron chi connectivity index (χ0n) is 16.7. The Morgan fingerprint density at radius 3 is 2.71 bits per heavy atom. The van der Waals surface area contributed by atoms with Crippen LogP contribution in [0.5, 0.6) is 5.88 Å². The molecule has 0 saturated carbocycles. The summed E-state index contributed by atoms with van der Waals surface area (Å²) < 4.78 is 2.32. The number of nitrogens with zero attached hydrogens (tertiary/aromatic N) is 1. The van der Waals surface area contributed by atoms with Crippen LogP contribution in [0.4, 0.5) is 0 Å². The number of carboxylic acid groups (broad SMARTS) is 1. The Balaban J connectivity index is 1.82. The maximum atomic E-state index is 10.9. The van der Waals surface area contributed by atoms with Gasteiger partial charge in [0.15, 0.2) is 3.95 Å². The number of halogens is 2. The second-order valence-corrected chi connectivity index (χ2v) is 10.3. The van der Waals surface area contributed by atoms with Crippen LogP contribution in [-0.4, -0.2) is 20.7 Å². The van der Waals surface area contributed by atoms with Crippen molar-refractivity contribution in [2.75, 3.05) is 0 Å². The van der Waals surface area contributed by atoms with Gasteiger partial charge in [-0.3, -0.25) is 9.36 Å². The molecule has 3 aromatic rings. The van der Waals surface area contributed by atoms with Gasteiger partial charge in [-0.1, -0.05) is 35.7 Å². The standard InChI is InChI=1S/C22H21Cl2NO3S3/c1-2-15(18-10-13(12-30-18)16-11-14(23)7-8-17(16)24)20-21(28)25(22(29)31-20)9-5-3-4-6-19(26)27/h2,7-8,10-12,28H,3-6,9H2,1H3,(H,26,27). The molecule has 0 saturated heterocycles. The van der Waals surface area contributed by atoms with Crippen LogP contribution in [-0.2, 0) is 11.3 Å². The van der Waals surface area contributed by atoms with Crippen molar-refractivity contribution in [3.8, 4) is 17.0 Å². The molecule has 0 radical (unpaired) electrons. The Hall–Kier alpha value is -1.64. The van der Waals surface area contributed by atoms with Crippen LogP contribution >= 0.6 is 58.1 Å². The summed E-state index contributed by atoms with van der Waals surface area (Å²) in [6, 6.07) is 7.41. The molecule has 31 heavy (non-hydrogen) atoms. The third-order valence-corrected chi connectivity index (χ3v) is 7.78. The predicted molar refractivity (Wildman–Crippen MR) is 133 cm³/mol. The average Bonchev–Trinajstić information content (AvgIpc) is 3.30. The highest BCUT2D eigenvalue weighted by molar-refractivity contribution is 7.73. The number of aliphatic carboxylic acids is 1. The van der Waals surface area contributed by atoms with Gasteiger partial charge in [-0.05, 0) is 67.2 Å². The number of aromatic hydroxyl groups is 1. The van der Waals surface area contributed by atoms with Crippen LogP contribution in [0.3, 0.4) is 0 Å². The van der Waals surface area contributed by atoms with Crippen molar-refractivity contribution in [2.24, 2.45) is 0 Å². The van der Waals surface area contributed by atoms with Crippen molar-refractivity contribution in [3.05, 3.63) is 59.5 Å². The molecular weight excluding hydrogens is 493 g/mol. The Morgan fingerprint density at radius 2 is 2.00 bits per heavy atom. The van der Waals surface area contributed by atoms with Crippen LogP contribution in [0, 0.1) is 3.95 Å². The minimum Gasteiger partial charge on any atom is -0.493 e. The fourth-order valence-corrected chi connectivity index (χ4v) is 6.10. The number of thiazole rings is 1. The number of allylic oxidation sites excluding steroid dienone is 1. The number of rotatable bonds is 9. The number of benzene rings is 1. The molecule has 0 aliphatic carbocycles. The largest absolute Gasteiger partial charge is 0.493 e. The second kappa shape index (κ2) is 10.8. The van der Waals surface area contributed by atoms with Gasteiger partial charge in [0.25, 0.3) is 0 Å². The first kappa shape index (κ1) is 24.0. The molecule has 2 heterocycles. The van der Waals surface area contributed by atoms with E-state index in [1.165, 1.54) is 11.3 Å². The number of hydrogen-bond donors (Lipinski definition) is 2. The van der Waals surface area contributed by atoms with E-state index in [9.17, 15) is 9.90 Å². The van der Waals surface area contributed by atoms with E-state index in [2.05, 4.69) is 0 Å². The van der Waals surface area contributed by atoms with Crippen molar-refractivity contribution in [2.45, 2.75) is 39.2 Å². The molecular formula is C22H21Cl2NO3S3. The van der Waals surface area contributed by atoms with E-state index in [1.54, 1.807) is 28.0 Å². The van der Waals surface area contributed by atoms with Gasteiger partial charge in [-0.2, -0.15) is 0 Å². The van der Waals surface area contributed by atoms with Crippen LogP contribution < -0.4 is 0 Å². The van der Waals surface area contributed by atoms with E-state index in [-0.39, 0.29) is 12.3 Å². The summed E-state index contributed by atoms with van der Waals surface area (Å²) in [6.07, 6.45) is 4.26. The molecule has 0 atom stereocenters. The summed E-state index contributed by atoms with van der Waals surface area (Å²) in [5.74, 6) is -0.638. The van der Waals surface area contributed by atoms with Crippen molar-refractivity contribution < 1.29 is 15.0 Å². The molecule has 0 aliphatic rings. The number of aromatic nitrogens is 1. The number of thiophene rings is 1. The van der Waals surface area contributed by atoms with Gasteiger partial charge < -0.3 is 10.2 Å². The van der Waals surface area contributed by atoms with Crippen LogP contribution in [0.1, 0.15) is 42.4 Å². The molecule has 0 aliphatic heterocycles. The maximum absolute atomic E-state index is 10.9. The molecule has 0 fully saturated rings. The van der Waals surface area contributed by atoms with Gasteiger partial charge in [0.05, 0.1) is 4.88 Å². The summed E-state index contributed by atoms with van der Waals surface area (Å²) in [5.41, 5.74) is 2.74. The highest BCUT2D eigenvalue weighted by Gasteiger charge is 2.19. The third-order valence-electron chi connectivity index (χ3n) is 4.78. The summed E-state index contributed by atoms with van der Waals surface area (Å²) in [5, 5.41) is 22.9. The average molecular weight is 515 g/mol. The van der Waals surface area contributed by atoms with Gasteiger partial charge in [-0.15, -0.1) is 22.7 Å². The Morgan fingerprint density at radius 1 is 1.23 bits per heavy atom. The quantitative estimate of drug-likeness (QED) is 0.224. The normalized spacial score (nSPS) is 11.8. The first-order valence-electron chi connectivity index (χ1n) is 9.67. The summed E-state index contributed by atoms with van der Waals surface area (Å²) in [6.45, 7) is 2.49. The number of hydrogen-bond acceptors (Lipinski definition) is 5. The van der Waals surface area contributed by atoms with E-state index in [1.807, 2.05) is 30.5 Å². The van der Waals surface area contributed by atoms with E-state index in [0.717, 1.165) is 39.3 Å². The molecule has 9 heteroatoms. The fraction of sp³-hybridized carbons (Fsp3) is 0.273. The zero-order valence-corrected chi connectivity index (χ0v) is 20.7. The lowest BCUT2D eigenvalue weighted by molar-refractivity contribution is -0.137. The lowest BCUT2D eigenvalue weighted by Gasteiger charge is -2.07. The van der Waals surface area contributed by atoms with Gasteiger partial charge in [0, 0.05) is 39.0 Å².